The molecule has 0 spiro atoms. The van der Waals surface area contributed by atoms with Gasteiger partial charge in [0, 0.05) is 0 Å². The van der Waals surface area contributed by atoms with Crippen LogP contribution in [0.2, 0.25) is 0 Å². The van der Waals surface area contributed by atoms with E-state index in [1.807, 2.05) is 12.1 Å². The van der Waals surface area contributed by atoms with E-state index in [9.17, 15) is 5.11 Å². The number of methoxy groups -OCH3 is 1. The second-order valence-electron chi connectivity index (χ2n) is 2.53. The van der Waals surface area contributed by atoms with Crippen LogP contribution < -0.4 is 4.74 Å². The summed E-state index contributed by atoms with van der Waals surface area (Å²) in [6, 6.07) is 5.43. The number of halogens is 2. The summed E-state index contributed by atoms with van der Waals surface area (Å²) in [5.41, 5.74) is 0.745. The first-order valence-electron chi connectivity index (χ1n) is 3.77. The molecular formula is C9H10BrClO2. The maximum atomic E-state index is 9.51. The van der Waals surface area contributed by atoms with E-state index < -0.39 is 6.10 Å². The third-order valence-electron chi connectivity index (χ3n) is 1.72. The Balaban J connectivity index is 3.08. The highest BCUT2D eigenvalue weighted by molar-refractivity contribution is 9.10. The SMILES string of the molecule is COc1cccc(C(O)CCl)c1Br. The molecule has 0 saturated heterocycles. The van der Waals surface area contributed by atoms with Crippen molar-refractivity contribution in [2.24, 2.45) is 0 Å². The van der Waals surface area contributed by atoms with Gasteiger partial charge >= 0.3 is 0 Å². The lowest BCUT2D eigenvalue weighted by atomic mass is 10.1. The Labute approximate surface area is 90.6 Å². The molecule has 2 nitrogen and oxygen atoms in total. The van der Waals surface area contributed by atoms with Gasteiger partial charge in [0.15, 0.2) is 0 Å². The van der Waals surface area contributed by atoms with Crippen LogP contribution in [0.3, 0.4) is 0 Å². The summed E-state index contributed by atoms with van der Waals surface area (Å²) in [4.78, 5) is 0. The van der Waals surface area contributed by atoms with Gasteiger partial charge in [0.1, 0.15) is 5.75 Å². The van der Waals surface area contributed by atoms with Gasteiger partial charge in [-0.1, -0.05) is 12.1 Å². The molecule has 0 heterocycles. The lowest BCUT2D eigenvalue weighted by Crippen LogP contribution is -2.00. The van der Waals surface area contributed by atoms with Crippen molar-refractivity contribution in [3.05, 3.63) is 28.2 Å². The Bertz CT molecular complexity index is 291. The van der Waals surface area contributed by atoms with Gasteiger partial charge in [-0.05, 0) is 27.6 Å². The topological polar surface area (TPSA) is 29.5 Å². The van der Waals surface area contributed by atoms with Gasteiger partial charge in [0.05, 0.1) is 23.6 Å². The highest BCUT2D eigenvalue weighted by atomic mass is 79.9. The summed E-state index contributed by atoms with van der Waals surface area (Å²) in [5, 5.41) is 9.51. The molecule has 0 fully saturated rings. The van der Waals surface area contributed by atoms with Crippen LogP contribution in [0.1, 0.15) is 11.7 Å². The van der Waals surface area contributed by atoms with Crippen LogP contribution in [0.15, 0.2) is 22.7 Å². The van der Waals surface area contributed by atoms with E-state index >= 15 is 0 Å². The number of aliphatic hydroxyl groups excluding tert-OH is 1. The molecule has 0 radical (unpaired) electrons. The van der Waals surface area contributed by atoms with Crippen LogP contribution in [0.4, 0.5) is 0 Å². The highest BCUT2D eigenvalue weighted by Crippen LogP contribution is 2.32. The molecule has 0 amide bonds. The van der Waals surface area contributed by atoms with E-state index in [1.54, 1.807) is 13.2 Å². The van der Waals surface area contributed by atoms with Crippen molar-refractivity contribution in [3.63, 3.8) is 0 Å². The number of ether oxygens (including phenoxy) is 1. The fraction of sp³-hybridized carbons (Fsp3) is 0.333. The third kappa shape index (κ3) is 2.36. The fourth-order valence-electron chi connectivity index (χ4n) is 1.03. The molecule has 0 aromatic heterocycles. The zero-order valence-corrected chi connectivity index (χ0v) is 9.47. The van der Waals surface area contributed by atoms with Gasteiger partial charge in [-0.3, -0.25) is 0 Å². The van der Waals surface area contributed by atoms with Gasteiger partial charge in [-0.15, -0.1) is 11.6 Å². The van der Waals surface area contributed by atoms with Crippen molar-refractivity contribution in [3.8, 4) is 5.75 Å². The minimum Gasteiger partial charge on any atom is -0.496 e. The summed E-state index contributed by atoms with van der Waals surface area (Å²) in [6.45, 7) is 0. The maximum Gasteiger partial charge on any atom is 0.133 e. The largest absolute Gasteiger partial charge is 0.496 e. The van der Waals surface area contributed by atoms with Gasteiger partial charge in [-0.25, -0.2) is 0 Å². The second kappa shape index (κ2) is 4.84. The standard InChI is InChI=1S/C9H10BrClO2/c1-13-8-4-2-3-6(9(8)10)7(12)5-11/h2-4,7,12H,5H2,1H3. The monoisotopic (exact) mass is 264 g/mol. The first kappa shape index (κ1) is 10.8. The average molecular weight is 266 g/mol. The Morgan fingerprint density at radius 1 is 1.62 bits per heavy atom. The summed E-state index contributed by atoms with van der Waals surface area (Å²) in [7, 11) is 1.58. The Hall–Kier alpha value is -0.250. The molecule has 0 aliphatic rings. The number of benzene rings is 1. The van der Waals surface area contributed by atoms with E-state index in [4.69, 9.17) is 16.3 Å². The van der Waals surface area contributed by atoms with E-state index in [1.165, 1.54) is 0 Å². The van der Waals surface area contributed by atoms with Gasteiger partial charge in [0.25, 0.3) is 0 Å². The van der Waals surface area contributed by atoms with Crippen molar-refractivity contribution < 1.29 is 9.84 Å². The van der Waals surface area contributed by atoms with E-state index in [2.05, 4.69) is 15.9 Å². The number of aliphatic hydroxyl groups is 1. The highest BCUT2D eigenvalue weighted by Gasteiger charge is 2.12. The Morgan fingerprint density at radius 3 is 2.85 bits per heavy atom. The number of rotatable bonds is 3. The molecule has 0 saturated carbocycles. The molecule has 1 aromatic carbocycles. The van der Waals surface area contributed by atoms with Crippen LogP contribution in [-0.2, 0) is 0 Å². The normalized spacial score (nSPS) is 12.6. The van der Waals surface area contributed by atoms with Crippen molar-refractivity contribution in [1.29, 1.82) is 0 Å². The van der Waals surface area contributed by atoms with Crippen molar-refractivity contribution >= 4 is 27.5 Å². The van der Waals surface area contributed by atoms with E-state index in [0.29, 0.717) is 5.75 Å². The predicted molar refractivity (Wildman–Crippen MR) is 56.4 cm³/mol. The quantitative estimate of drug-likeness (QED) is 0.852. The zero-order valence-electron chi connectivity index (χ0n) is 7.13. The molecule has 13 heavy (non-hydrogen) atoms. The smallest absolute Gasteiger partial charge is 0.133 e. The van der Waals surface area contributed by atoms with Crippen LogP contribution in [0.5, 0.6) is 5.75 Å². The first-order valence-corrected chi connectivity index (χ1v) is 5.10. The Kier molecular flexibility index (Phi) is 4.03. The molecule has 0 bridgehead atoms. The molecule has 72 valence electrons. The minimum atomic E-state index is -0.661. The number of hydrogen-bond donors (Lipinski definition) is 1. The molecule has 4 heteroatoms. The van der Waals surface area contributed by atoms with E-state index in [0.717, 1.165) is 10.0 Å². The van der Waals surface area contributed by atoms with Gasteiger partial charge in [-0.2, -0.15) is 0 Å². The van der Waals surface area contributed by atoms with Crippen LogP contribution in [0, 0.1) is 0 Å². The van der Waals surface area contributed by atoms with Crippen LogP contribution >= 0.6 is 27.5 Å². The van der Waals surface area contributed by atoms with E-state index in [-0.39, 0.29) is 5.88 Å². The fourth-order valence-corrected chi connectivity index (χ4v) is 1.88. The summed E-state index contributed by atoms with van der Waals surface area (Å²) >= 11 is 8.88. The van der Waals surface area contributed by atoms with Crippen molar-refractivity contribution in [2.75, 3.05) is 13.0 Å². The molecule has 1 aromatic rings. The lowest BCUT2D eigenvalue weighted by Gasteiger charge is -2.11. The van der Waals surface area contributed by atoms with Crippen LogP contribution in [-0.4, -0.2) is 18.1 Å². The predicted octanol–water partition coefficient (Wildman–Crippen LogP) is 2.73. The maximum absolute atomic E-state index is 9.51. The molecule has 1 N–H and O–H groups in total. The number of hydrogen-bond acceptors (Lipinski definition) is 2. The second-order valence-corrected chi connectivity index (χ2v) is 3.64. The van der Waals surface area contributed by atoms with Crippen molar-refractivity contribution in [2.45, 2.75) is 6.10 Å². The summed E-state index contributed by atoms with van der Waals surface area (Å²) in [6.07, 6.45) is -0.661. The minimum absolute atomic E-state index is 0.172. The Morgan fingerprint density at radius 2 is 2.31 bits per heavy atom. The van der Waals surface area contributed by atoms with Crippen molar-refractivity contribution in [1.82, 2.24) is 0 Å². The average Bonchev–Trinajstić information content (AvgIpc) is 2.17. The van der Waals surface area contributed by atoms with Gasteiger partial charge < -0.3 is 9.84 Å². The van der Waals surface area contributed by atoms with Gasteiger partial charge in [0.2, 0.25) is 0 Å². The zero-order chi connectivity index (χ0) is 9.84. The lowest BCUT2D eigenvalue weighted by molar-refractivity contribution is 0.201. The summed E-state index contributed by atoms with van der Waals surface area (Å²) in [5.74, 6) is 0.868. The first-order chi connectivity index (χ1) is 6.20. The summed E-state index contributed by atoms with van der Waals surface area (Å²) < 4.78 is 5.83. The third-order valence-corrected chi connectivity index (χ3v) is 2.86. The molecule has 0 aliphatic carbocycles. The molecule has 1 atom stereocenters. The molecule has 1 rings (SSSR count). The number of alkyl halides is 1. The molecule has 1 unspecified atom stereocenters. The molecular weight excluding hydrogens is 255 g/mol. The molecule has 0 aliphatic heterocycles. The van der Waals surface area contributed by atoms with Crippen LogP contribution in [0.25, 0.3) is 0 Å².